The summed E-state index contributed by atoms with van der Waals surface area (Å²) in [5, 5.41) is 3.01. The first-order chi connectivity index (χ1) is 10.5. The molecule has 0 saturated carbocycles. The van der Waals surface area contributed by atoms with Gasteiger partial charge in [0.25, 0.3) is 0 Å². The molecule has 5 nitrogen and oxygen atoms in total. The van der Waals surface area contributed by atoms with Gasteiger partial charge in [0.15, 0.2) is 0 Å². The van der Waals surface area contributed by atoms with E-state index in [9.17, 15) is 4.79 Å². The number of carbonyl (C=O) groups excluding carboxylic acids is 1. The van der Waals surface area contributed by atoms with Crippen LogP contribution in [0.3, 0.4) is 0 Å². The summed E-state index contributed by atoms with van der Waals surface area (Å²) in [6.45, 7) is 12.9. The van der Waals surface area contributed by atoms with Gasteiger partial charge in [-0.1, -0.05) is 0 Å². The van der Waals surface area contributed by atoms with Gasteiger partial charge >= 0.3 is 0 Å². The van der Waals surface area contributed by atoms with Crippen molar-refractivity contribution in [1.82, 2.24) is 15.1 Å². The summed E-state index contributed by atoms with van der Waals surface area (Å²) in [4.78, 5) is 17.0. The number of ether oxygens (including phenoxy) is 1. The van der Waals surface area contributed by atoms with Crippen LogP contribution in [-0.4, -0.2) is 72.7 Å². The molecule has 5 heteroatoms. The van der Waals surface area contributed by atoms with Gasteiger partial charge in [-0.3, -0.25) is 9.69 Å². The van der Waals surface area contributed by atoms with Crippen LogP contribution in [-0.2, 0) is 9.53 Å². The summed E-state index contributed by atoms with van der Waals surface area (Å²) in [7, 11) is 0. The number of nitrogens with zero attached hydrogens (tertiary/aromatic N) is 2. The van der Waals surface area contributed by atoms with Gasteiger partial charge in [0.05, 0.1) is 12.6 Å². The molecule has 0 aromatic heterocycles. The number of carbonyl (C=O) groups is 1. The minimum Gasteiger partial charge on any atom is -0.379 e. The van der Waals surface area contributed by atoms with Crippen molar-refractivity contribution in [2.75, 3.05) is 32.8 Å². The third-order valence-corrected chi connectivity index (χ3v) is 4.55. The van der Waals surface area contributed by atoms with Crippen LogP contribution in [0.2, 0.25) is 0 Å². The molecule has 22 heavy (non-hydrogen) atoms. The quantitative estimate of drug-likeness (QED) is 0.690. The third kappa shape index (κ3) is 5.21. The summed E-state index contributed by atoms with van der Waals surface area (Å²) in [5.41, 5.74) is 0. The molecule has 0 aromatic carbocycles. The molecule has 2 heterocycles. The SMILES string of the molecule is CC(C)NC(=O)CN1C2CCC1CN(CCCOC(C)C)C2. The normalized spacial score (nSPS) is 26.1. The van der Waals surface area contributed by atoms with Crippen LogP contribution in [0.15, 0.2) is 0 Å². The van der Waals surface area contributed by atoms with Crippen LogP contribution in [0.4, 0.5) is 0 Å². The summed E-state index contributed by atoms with van der Waals surface area (Å²) in [5.74, 6) is 0.172. The lowest BCUT2D eigenvalue weighted by Gasteiger charge is -2.40. The number of amides is 1. The number of piperazine rings is 1. The monoisotopic (exact) mass is 311 g/mol. The van der Waals surface area contributed by atoms with Crippen LogP contribution in [0.1, 0.15) is 47.0 Å². The van der Waals surface area contributed by atoms with Gasteiger partial charge in [-0.2, -0.15) is 0 Å². The van der Waals surface area contributed by atoms with E-state index in [-0.39, 0.29) is 11.9 Å². The molecule has 2 unspecified atom stereocenters. The molecule has 0 aliphatic carbocycles. The highest BCUT2D eigenvalue weighted by Crippen LogP contribution is 2.29. The topological polar surface area (TPSA) is 44.8 Å². The zero-order valence-electron chi connectivity index (χ0n) is 14.7. The van der Waals surface area contributed by atoms with Gasteiger partial charge in [-0.15, -0.1) is 0 Å². The predicted octanol–water partition coefficient (Wildman–Crippen LogP) is 1.47. The average molecular weight is 311 g/mol. The Morgan fingerprint density at radius 2 is 1.82 bits per heavy atom. The second-order valence-electron chi connectivity index (χ2n) is 7.31. The van der Waals surface area contributed by atoms with E-state index in [0.717, 1.165) is 32.7 Å². The van der Waals surface area contributed by atoms with E-state index >= 15 is 0 Å². The van der Waals surface area contributed by atoms with E-state index in [0.29, 0.717) is 24.7 Å². The Kier molecular flexibility index (Phi) is 6.66. The van der Waals surface area contributed by atoms with Crippen molar-refractivity contribution < 1.29 is 9.53 Å². The van der Waals surface area contributed by atoms with Gasteiger partial charge in [0.1, 0.15) is 0 Å². The number of hydrogen-bond donors (Lipinski definition) is 1. The lowest BCUT2D eigenvalue weighted by atomic mass is 10.1. The van der Waals surface area contributed by atoms with Crippen LogP contribution >= 0.6 is 0 Å². The van der Waals surface area contributed by atoms with Crippen LogP contribution < -0.4 is 5.32 Å². The molecule has 2 atom stereocenters. The molecule has 2 aliphatic rings. The lowest BCUT2D eigenvalue weighted by Crippen LogP contribution is -2.56. The first kappa shape index (κ1) is 17.7. The fourth-order valence-corrected chi connectivity index (χ4v) is 3.66. The molecule has 1 amide bonds. The van der Waals surface area contributed by atoms with E-state index < -0.39 is 0 Å². The molecule has 0 radical (unpaired) electrons. The molecular weight excluding hydrogens is 278 g/mol. The zero-order chi connectivity index (χ0) is 16.1. The smallest absolute Gasteiger partial charge is 0.234 e. The van der Waals surface area contributed by atoms with E-state index in [1.165, 1.54) is 12.8 Å². The fraction of sp³-hybridized carbons (Fsp3) is 0.941. The van der Waals surface area contributed by atoms with Gasteiger partial charge < -0.3 is 15.0 Å². The van der Waals surface area contributed by atoms with Gasteiger partial charge in [-0.25, -0.2) is 0 Å². The standard InChI is InChI=1S/C17H33N3O2/c1-13(2)18-17(21)12-20-15-6-7-16(20)11-19(10-15)8-5-9-22-14(3)4/h13-16H,5-12H2,1-4H3,(H,18,21). The molecule has 2 fully saturated rings. The van der Waals surface area contributed by atoms with Gasteiger partial charge in [0, 0.05) is 44.4 Å². The van der Waals surface area contributed by atoms with Crippen molar-refractivity contribution in [2.45, 2.75) is 71.2 Å². The second-order valence-corrected chi connectivity index (χ2v) is 7.31. The number of rotatable bonds is 8. The predicted molar refractivity (Wildman–Crippen MR) is 88.9 cm³/mol. The first-order valence-electron chi connectivity index (χ1n) is 8.84. The molecule has 2 bridgehead atoms. The molecule has 2 aliphatic heterocycles. The average Bonchev–Trinajstić information content (AvgIpc) is 2.66. The van der Waals surface area contributed by atoms with Crippen LogP contribution in [0.5, 0.6) is 0 Å². The first-order valence-corrected chi connectivity index (χ1v) is 8.84. The molecule has 128 valence electrons. The molecule has 1 N–H and O–H groups in total. The van der Waals surface area contributed by atoms with Gasteiger partial charge in [0.2, 0.25) is 5.91 Å². The van der Waals surface area contributed by atoms with Crippen molar-refractivity contribution in [3.8, 4) is 0 Å². The molecule has 0 spiro atoms. The maximum Gasteiger partial charge on any atom is 0.234 e. The zero-order valence-corrected chi connectivity index (χ0v) is 14.7. The second kappa shape index (κ2) is 8.27. The van der Waals surface area contributed by atoms with Crippen molar-refractivity contribution in [3.63, 3.8) is 0 Å². The Labute approximate surface area is 135 Å². The highest BCUT2D eigenvalue weighted by Gasteiger charge is 2.40. The van der Waals surface area contributed by atoms with Crippen LogP contribution in [0.25, 0.3) is 0 Å². The number of nitrogens with one attached hydrogen (secondary N) is 1. The van der Waals surface area contributed by atoms with Crippen LogP contribution in [0, 0.1) is 0 Å². The Balaban J connectivity index is 1.73. The summed E-state index contributed by atoms with van der Waals surface area (Å²) >= 11 is 0. The number of likely N-dealkylation sites (tertiary alicyclic amines) is 1. The Morgan fingerprint density at radius 3 is 2.36 bits per heavy atom. The summed E-state index contributed by atoms with van der Waals surface area (Å²) in [6.07, 6.45) is 3.90. The minimum atomic E-state index is 0.172. The molecular formula is C17H33N3O2. The Hall–Kier alpha value is -0.650. The van der Waals surface area contributed by atoms with Crippen molar-refractivity contribution in [1.29, 1.82) is 0 Å². The molecule has 2 rings (SSSR count). The summed E-state index contributed by atoms with van der Waals surface area (Å²) in [6, 6.07) is 1.35. The van der Waals surface area contributed by atoms with Crippen molar-refractivity contribution in [3.05, 3.63) is 0 Å². The maximum atomic E-state index is 12.0. The largest absolute Gasteiger partial charge is 0.379 e. The molecule has 0 aromatic rings. The highest BCUT2D eigenvalue weighted by molar-refractivity contribution is 5.78. The van der Waals surface area contributed by atoms with Gasteiger partial charge in [-0.05, 0) is 47.0 Å². The fourth-order valence-electron chi connectivity index (χ4n) is 3.66. The third-order valence-electron chi connectivity index (χ3n) is 4.55. The molecule has 2 saturated heterocycles. The van der Waals surface area contributed by atoms with Crippen molar-refractivity contribution in [2.24, 2.45) is 0 Å². The Morgan fingerprint density at radius 1 is 1.18 bits per heavy atom. The van der Waals surface area contributed by atoms with E-state index in [2.05, 4.69) is 29.0 Å². The highest BCUT2D eigenvalue weighted by atomic mass is 16.5. The number of fused-ring (bicyclic) bond motifs is 2. The maximum absolute atomic E-state index is 12.0. The van der Waals surface area contributed by atoms with E-state index in [1.54, 1.807) is 0 Å². The minimum absolute atomic E-state index is 0.172. The Bertz CT molecular complexity index is 346. The van der Waals surface area contributed by atoms with E-state index in [1.807, 2.05) is 13.8 Å². The van der Waals surface area contributed by atoms with E-state index in [4.69, 9.17) is 4.74 Å². The lowest BCUT2D eigenvalue weighted by molar-refractivity contribution is -0.124. The van der Waals surface area contributed by atoms with Crippen molar-refractivity contribution >= 4 is 5.91 Å². The number of hydrogen-bond acceptors (Lipinski definition) is 4. The summed E-state index contributed by atoms with van der Waals surface area (Å²) < 4.78 is 5.62.